The molecular weight excluding hydrogens is 254 g/mol. The van der Waals surface area contributed by atoms with Crippen LogP contribution in [0.1, 0.15) is 24.5 Å². The highest BCUT2D eigenvalue weighted by Crippen LogP contribution is 2.27. The molecule has 1 unspecified atom stereocenters. The van der Waals surface area contributed by atoms with Gasteiger partial charge in [-0.25, -0.2) is 4.98 Å². The molecule has 0 radical (unpaired) electrons. The summed E-state index contributed by atoms with van der Waals surface area (Å²) in [5, 5.41) is 0.917. The van der Waals surface area contributed by atoms with Gasteiger partial charge in [0, 0.05) is 23.3 Å². The average Bonchev–Trinajstić information content (AvgIpc) is 2.43. The molecule has 0 spiro atoms. The lowest BCUT2D eigenvalue weighted by molar-refractivity contribution is 0.644. The van der Waals surface area contributed by atoms with E-state index >= 15 is 0 Å². The Balaban J connectivity index is 2.10. The predicted molar refractivity (Wildman–Crippen MR) is 79.3 cm³/mol. The Morgan fingerprint density at radius 2 is 2.16 bits per heavy atom. The summed E-state index contributed by atoms with van der Waals surface area (Å²) in [6.07, 6.45) is 7.13. The Morgan fingerprint density at radius 3 is 2.79 bits per heavy atom. The van der Waals surface area contributed by atoms with Gasteiger partial charge in [-0.3, -0.25) is 4.98 Å². The maximum absolute atomic E-state index is 6.01. The van der Waals surface area contributed by atoms with E-state index in [1.54, 1.807) is 30.4 Å². The van der Waals surface area contributed by atoms with Crippen molar-refractivity contribution < 1.29 is 0 Å². The third kappa shape index (κ3) is 4.04. The highest BCUT2D eigenvalue weighted by molar-refractivity contribution is 7.99. The van der Waals surface area contributed by atoms with Crippen molar-refractivity contribution in [3.63, 3.8) is 0 Å². The Hall–Kier alpha value is -1.39. The summed E-state index contributed by atoms with van der Waals surface area (Å²) in [5.41, 5.74) is 8.63. The first kappa shape index (κ1) is 14.0. The highest BCUT2D eigenvalue weighted by Gasteiger charge is 2.06. The summed E-state index contributed by atoms with van der Waals surface area (Å²) in [4.78, 5) is 9.53. The second-order valence-corrected chi connectivity index (χ2v) is 5.70. The van der Waals surface area contributed by atoms with Crippen molar-refractivity contribution in [2.24, 2.45) is 5.73 Å². The minimum Gasteiger partial charge on any atom is -0.327 e. The quantitative estimate of drug-likeness (QED) is 0.908. The molecule has 0 saturated heterocycles. The predicted octanol–water partition coefficient (Wildman–Crippen LogP) is 3.22. The lowest BCUT2D eigenvalue weighted by atomic mass is 10.0. The number of nitrogens with two attached hydrogens (primary N) is 1. The normalized spacial score (nSPS) is 12.4. The lowest BCUT2D eigenvalue weighted by Gasteiger charge is -2.12. The van der Waals surface area contributed by atoms with Crippen molar-refractivity contribution in [3.05, 3.63) is 47.9 Å². The molecule has 0 aliphatic rings. The molecule has 0 fully saturated rings. The molecule has 3 nitrogen and oxygen atoms in total. The summed E-state index contributed by atoms with van der Waals surface area (Å²) >= 11 is 1.63. The molecule has 19 heavy (non-hydrogen) atoms. The van der Waals surface area contributed by atoms with E-state index in [1.807, 2.05) is 0 Å². The number of hydrogen-bond acceptors (Lipinski definition) is 4. The Kier molecular flexibility index (Phi) is 4.93. The lowest BCUT2D eigenvalue weighted by Crippen LogP contribution is -2.21. The molecule has 0 bridgehead atoms. The van der Waals surface area contributed by atoms with Crippen LogP contribution in [0, 0.1) is 6.92 Å². The van der Waals surface area contributed by atoms with Gasteiger partial charge in [0.2, 0.25) is 0 Å². The Labute approximate surface area is 118 Å². The van der Waals surface area contributed by atoms with Crippen LogP contribution < -0.4 is 5.73 Å². The molecule has 100 valence electrons. The van der Waals surface area contributed by atoms with Gasteiger partial charge in [0.25, 0.3) is 0 Å². The van der Waals surface area contributed by atoms with Crippen LogP contribution in [-0.4, -0.2) is 16.0 Å². The maximum atomic E-state index is 6.01. The van der Waals surface area contributed by atoms with Gasteiger partial charge >= 0.3 is 0 Å². The SMILES string of the molecule is CCC(N)Cc1ccc(Sc2cnccn2)cc1C. The number of benzene rings is 1. The smallest absolute Gasteiger partial charge is 0.119 e. The van der Waals surface area contributed by atoms with Crippen LogP contribution in [-0.2, 0) is 6.42 Å². The topological polar surface area (TPSA) is 51.8 Å². The van der Waals surface area contributed by atoms with E-state index < -0.39 is 0 Å². The first-order chi connectivity index (χ1) is 9.19. The van der Waals surface area contributed by atoms with Crippen LogP contribution in [0.2, 0.25) is 0 Å². The molecule has 0 aliphatic carbocycles. The van der Waals surface area contributed by atoms with Crippen molar-refractivity contribution in [2.75, 3.05) is 0 Å². The van der Waals surface area contributed by atoms with E-state index in [9.17, 15) is 0 Å². The molecule has 2 aromatic rings. The number of nitrogens with zero attached hydrogens (tertiary/aromatic N) is 2. The monoisotopic (exact) mass is 273 g/mol. The highest BCUT2D eigenvalue weighted by atomic mass is 32.2. The van der Waals surface area contributed by atoms with Crippen molar-refractivity contribution in [3.8, 4) is 0 Å². The fraction of sp³-hybridized carbons (Fsp3) is 0.333. The number of aromatic nitrogens is 2. The van der Waals surface area contributed by atoms with Crippen LogP contribution in [0.3, 0.4) is 0 Å². The average molecular weight is 273 g/mol. The summed E-state index contributed by atoms with van der Waals surface area (Å²) in [7, 11) is 0. The van der Waals surface area contributed by atoms with Crippen LogP contribution in [0.4, 0.5) is 0 Å². The molecule has 1 aromatic carbocycles. The minimum atomic E-state index is 0.247. The molecule has 2 rings (SSSR count). The number of rotatable bonds is 5. The fourth-order valence-corrected chi connectivity index (χ4v) is 2.69. The molecule has 0 saturated carbocycles. The number of aryl methyl sites for hydroxylation is 1. The van der Waals surface area contributed by atoms with E-state index in [1.165, 1.54) is 16.0 Å². The molecule has 0 amide bonds. The zero-order valence-electron chi connectivity index (χ0n) is 11.3. The van der Waals surface area contributed by atoms with E-state index in [4.69, 9.17) is 5.73 Å². The second kappa shape index (κ2) is 6.68. The van der Waals surface area contributed by atoms with E-state index in [0.717, 1.165) is 17.9 Å². The van der Waals surface area contributed by atoms with Crippen LogP contribution in [0.5, 0.6) is 0 Å². The summed E-state index contributed by atoms with van der Waals surface area (Å²) < 4.78 is 0. The van der Waals surface area contributed by atoms with Crippen LogP contribution in [0.25, 0.3) is 0 Å². The summed E-state index contributed by atoms with van der Waals surface area (Å²) in [6.45, 7) is 4.26. The Bertz CT molecular complexity index is 528. The fourth-order valence-electron chi connectivity index (χ4n) is 1.85. The molecule has 2 N–H and O–H groups in total. The summed E-state index contributed by atoms with van der Waals surface area (Å²) in [6, 6.07) is 6.74. The van der Waals surface area contributed by atoms with Gasteiger partial charge in [0.15, 0.2) is 0 Å². The molecule has 1 atom stereocenters. The minimum absolute atomic E-state index is 0.247. The van der Waals surface area contributed by atoms with Crippen molar-refractivity contribution >= 4 is 11.8 Å². The molecule has 0 aliphatic heterocycles. The summed E-state index contributed by atoms with van der Waals surface area (Å²) in [5.74, 6) is 0. The number of hydrogen-bond donors (Lipinski definition) is 1. The second-order valence-electron chi connectivity index (χ2n) is 4.61. The molecule has 1 aromatic heterocycles. The Morgan fingerprint density at radius 1 is 1.32 bits per heavy atom. The third-order valence-electron chi connectivity index (χ3n) is 3.08. The van der Waals surface area contributed by atoms with Crippen molar-refractivity contribution in [2.45, 2.75) is 42.7 Å². The van der Waals surface area contributed by atoms with Crippen molar-refractivity contribution in [1.29, 1.82) is 0 Å². The van der Waals surface area contributed by atoms with Gasteiger partial charge < -0.3 is 5.73 Å². The zero-order chi connectivity index (χ0) is 13.7. The van der Waals surface area contributed by atoms with Gasteiger partial charge in [-0.1, -0.05) is 24.8 Å². The standard InChI is InChI=1S/C15H19N3S/c1-3-13(16)9-12-4-5-14(8-11(12)2)19-15-10-17-6-7-18-15/h4-8,10,13H,3,9,16H2,1-2H3. The van der Waals surface area contributed by atoms with Gasteiger partial charge in [-0.2, -0.15) is 0 Å². The van der Waals surface area contributed by atoms with E-state index in [2.05, 4.69) is 42.0 Å². The first-order valence-corrected chi connectivity index (χ1v) is 7.29. The maximum Gasteiger partial charge on any atom is 0.119 e. The molecule has 1 heterocycles. The van der Waals surface area contributed by atoms with Crippen molar-refractivity contribution in [1.82, 2.24) is 9.97 Å². The largest absolute Gasteiger partial charge is 0.327 e. The van der Waals surface area contributed by atoms with Gasteiger partial charge in [-0.15, -0.1) is 0 Å². The van der Waals surface area contributed by atoms with E-state index in [-0.39, 0.29) is 6.04 Å². The third-order valence-corrected chi connectivity index (χ3v) is 3.99. The van der Waals surface area contributed by atoms with Crippen LogP contribution >= 0.6 is 11.8 Å². The van der Waals surface area contributed by atoms with Gasteiger partial charge in [0.1, 0.15) is 5.03 Å². The van der Waals surface area contributed by atoms with Gasteiger partial charge in [-0.05, 0) is 43.0 Å². The zero-order valence-corrected chi connectivity index (χ0v) is 12.2. The molecular formula is C15H19N3S. The van der Waals surface area contributed by atoms with Crippen LogP contribution in [0.15, 0.2) is 46.7 Å². The van der Waals surface area contributed by atoms with Gasteiger partial charge in [0.05, 0.1) is 6.20 Å². The molecule has 4 heteroatoms. The first-order valence-electron chi connectivity index (χ1n) is 6.48. The van der Waals surface area contributed by atoms with E-state index in [0.29, 0.717) is 0 Å².